The number of nitrogens with zero attached hydrogens (tertiary/aromatic N) is 3. The lowest BCUT2D eigenvalue weighted by molar-refractivity contribution is 1.11. The second-order valence-electron chi connectivity index (χ2n) is 11.4. The normalized spacial score (nSPS) is 11.6. The topological polar surface area (TPSA) is 30.7 Å². The molecular weight excluding hydrogens is 546 g/mol. The van der Waals surface area contributed by atoms with Crippen LogP contribution in [0.4, 0.5) is 0 Å². The quantitative estimate of drug-likeness (QED) is 0.196. The molecule has 210 valence electrons. The summed E-state index contributed by atoms with van der Waals surface area (Å²) in [6.45, 7) is 0. The van der Waals surface area contributed by atoms with Gasteiger partial charge >= 0.3 is 0 Å². The van der Waals surface area contributed by atoms with Gasteiger partial charge in [-0.3, -0.25) is 9.55 Å². The highest BCUT2D eigenvalue weighted by Gasteiger charge is 2.18. The standard InChI is InChI=1S/C42H27N3/c1-2-14-31(15-3-1)45-40-21-7-6-20-39(40)44-42(45)38-25-24-33(34-16-4-5-17-35(34)38)30-12-8-11-29(27-30)32-18-9-19-37-36(32)23-22-28-13-10-26-43-41(28)37/h1-27H. The van der Waals surface area contributed by atoms with E-state index in [1.54, 1.807) is 0 Å². The molecule has 0 aliphatic rings. The predicted molar refractivity (Wildman–Crippen MR) is 188 cm³/mol. The molecule has 9 rings (SSSR count). The highest BCUT2D eigenvalue weighted by molar-refractivity contribution is 6.11. The lowest BCUT2D eigenvalue weighted by atomic mass is 9.91. The van der Waals surface area contributed by atoms with Crippen molar-refractivity contribution in [2.75, 3.05) is 0 Å². The van der Waals surface area contributed by atoms with E-state index >= 15 is 0 Å². The van der Waals surface area contributed by atoms with Gasteiger partial charge in [-0.25, -0.2) is 4.98 Å². The Labute approximate surface area is 260 Å². The molecule has 0 amide bonds. The summed E-state index contributed by atoms with van der Waals surface area (Å²) in [5.74, 6) is 0.940. The summed E-state index contributed by atoms with van der Waals surface area (Å²) in [5, 5.41) is 5.92. The van der Waals surface area contributed by atoms with Gasteiger partial charge in [0.1, 0.15) is 5.82 Å². The first kappa shape index (κ1) is 25.4. The molecule has 2 heterocycles. The highest BCUT2D eigenvalue weighted by atomic mass is 15.1. The minimum Gasteiger partial charge on any atom is -0.292 e. The maximum absolute atomic E-state index is 5.17. The molecule has 0 aliphatic carbocycles. The van der Waals surface area contributed by atoms with Gasteiger partial charge in [-0.05, 0) is 80.9 Å². The molecule has 2 aromatic heterocycles. The average Bonchev–Trinajstić information content (AvgIpc) is 3.50. The molecule has 3 heteroatoms. The lowest BCUT2D eigenvalue weighted by Crippen LogP contribution is -1.98. The van der Waals surface area contributed by atoms with Crippen LogP contribution in [0, 0.1) is 0 Å². The maximum Gasteiger partial charge on any atom is 0.146 e. The van der Waals surface area contributed by atoms with E-state index in [0.717, 1.165) is 39.0 Å². The van der Waals surface area contributed by atoms with E-state index in [1.807, 2.05) is 12.3 Å². The molecule has 0 aliphatic heterocycles. The molecule has 45 heavy (non-hydrogen) atoms. The number of pyridine rings is 1. The number of aromatic nitrogens is 3. The number of para-hydroxylation sites is 3. The number of imidazole rings is 1. The van der Waals surface area contributed by atoms with Gasteiger partial charge in [0.2, 0.25) is 0 Å². The third kappa shape index (κ3) is 4.13. The van der Waals surface area contributed by atoms with Gasteiger partial charge in [-0.1, -0.05) is 115 Å². The molecule has 0 saturated heterocycles. The fraction of sp³-hybridized carbons (Fsp3) is 0. The van der Waals surface area contributed by atoms with E-state index in [2.05, 4.69) is 156 Å². The van der Waals surface area contributed by atoms with Gasteiger partial charge in [0.15, 0.2) is 0 Å². The SMILES string of the molecule is c1ccc(-n2c(-c3ccc(-c4cccc(-c5cccc6c5ccc5cccnc56)c4)c4ccccc34)nc3ccccc32)cc1. The number of hydrogen-bond donors (Lipinski definition) is 0. The number of hydrogen-bond acceptors (Lipinski definition) is 2. The van der Waals surface area contributed by atoms with Crippen molar-refractivity contribution in [3.05, 3.63) is 164 Å². The zero-order valence-electron chi connectivity index (χ0n) is 24.4. The summed E-state index contributed by atoms with van der Waals surface area (Å²) in [5.41, 5.74) is 10.1. The van der Waals surface area contributed by atoms with Crippen molar-refractivity contribution in [3.8, 4) is 39.3 Å². The van der Waals surface area contributed by atoms with Gasteiger partial charge in [0.05, 0.1) is 16.6 Å². The molecule has 9 aromatic rings. The van der Waals surface area contributed by atoms with Crippen molar-refractivity contribution in [3.63, 3.8) is 0 Å². The molecule has 0 saturated carbocycles. The van der Waals surface area contributed by atoms with Crippen molar-refractivity contribution >= 4 is 43.5 Å². The van der Waals surface area contributed by atoms with Crippen LogP contribution in [0.15, 0.2) is 164 Å². The first-order valence-electron chi connectivity index (χ1n) is 15.3. The Balaban J connectivity index is 1.22. The summed E-state index contributed by atoms with van der Waals surface area (Å²) in [6, 6.07) is 56.0. The van der Waals surface area contributed by atoms with Crippen LogP contribution in [0.2, 0.25) is 0 Å². The molecule has 0 spiro atoms. The molecule has 0 bridgehead atoms. The highest BCUT2D eigenvalue weighted by Crippen LogP contribution is 2.39. The summed E-state index contributed by atoms with van der Waals surface area (Å²) in [6.07, 6.45) is 1.87. The number of fused-ring (bicyclic) bond motifs is 5. The Morgan fingerprint density at radius 1 is 0.444 bits per heavy atom. The molecule has 0 fully saturated rings. The largest absolute Gasteiger partial charge is 0.292 e. The molecule has 0 unspecified atom stereocenters. The predicted octanol–water partition coefficient (Wildman–Crippen LogP) is 10.9. The maximum atomic E-state index is 5.17. The Kier molecular flexibility index (Phi) is 5.82. The molecular formula is C42H27N3. The van der Waals surface area contributed by atoms with Gasteiger partial charge < -0.3 is 0 Å². The van der Waals surface area contributed by atoms with Crippen molar-refractivity contribution in [1.82, 2.24) is 14.5 Å². The zero-order valence-corrected chi connectivity index (χ0v) is 24.4. The van der Waals surface area contributed by atoms with Crippen LogP contribution in [0.5, 0.6) is 0 Å². The fourth-order valence-electron chi connectivity index (χ4n) is 6.80. The zero-order chi connectivity index (χ0) is 29.7. The third-order valence-corrected chi connectivity index (χ3v) is 8.85. The van der Waals surface area contributed by atoms with E-state index in [1.165, 1.54) is 43.8 Å². The summed E-state index contributed by atoms with van der Waals surface area (Å²) in [7, 11) is 0. The van der Waals surface area contributed by atoms with E-state index < -0.39 is 0 Å². The van der Waals surface area contributed by atoms with Crippen LogP contribution in [-0.4, -0.2) is 14.5 Å². The van der Waals surface area contributed by atoms with E-state index in [0.29, 0.717) is 0 Å². The van der Waals surface area contributed by atoms with Gasteiger partial charge in [0.25, 0.3) is 0 Å². The van der Waals surface area contributed by atoms with Crippen LogP contribution in [0.1, 0.15) is 0 Å². The summed E-state index contributed by atoms with van der Waals surface area (Å²) < 4.78 is 2.27. The Bertz CT molecular complexity index is 2540. The van der Waals surface area contributed by atoms with E-state index in [-0.39, 0.29) is 0 Å². The summed E-state index contributed by atoms with van der Waals surface area (Å²) in [4.78, 5) is 9.88. The van der Waals surface area contributed by atoms with E-state index in [9.17, 15) is 0 Å². The second kappa shape index (κ2) is 10.3. The molecule has 0 N–H and O–H groups in total. The third-order valence-electron chi connectivity index (χ3n) is 8.85. The van der Waals surface area contributed by atoms with Crippen molar-refractivity contribution in [1.29, 1.82) is 0 Å². The first-order valence-corrected chi connectivity index (χ1v) is 15.3. The van der Waals surface area contributed by atoms with Crippen molar-refractivity contribution in [2.45, 2.75) is 0 Å². The van der Waals surface area contributed by atoms with Gasteiger partial charge in [-0.15, -0.1) is 0 Å². The van der Waals surface area contributed by atoms with Crippen LogP contribution < -0.4 is 0 Å². The fourth-order valence-corrected chi connectivity index (χ4v) is 6.80. The van der Waals surface area contributed by atoms with Crippen molar-refractivity contribution in [2.24, 2.45) is 0 Å². The van der Waals surface area contributed by atoms with Crippen molar-refractivity contribution < 1.29 is 0 Å². The second-order valence-corrected chi connectivity index (χ2v) is 11.4. The Morgan fingerprint density at radius 2 is 1.11 bits per heavy atom. The molecule has 7 aromatic carbocycles. The van der Waals surface area contributed by atoms with Gasteiger partial charge in [-0.2, -0.15) is 0 Å². The Morgan fingerprint density at radius 3 is 1.98 bits per heavy atom. The molecule has 0 atom stereocenters. The van der Waals surface area contributed by atoms with Crippen LogP contribution in [0.3, 0.4) is 0 Å². The van der Waals surface area contributed by atoms with Crippen LogP contribution in [0.25, 0.3) is 82.8 Å². The van der Waals surface area contributed by atoms with E-state index in [4.69, 9.17) is 9.97 Å². The number of benzene rings is 7. The minimum absolute atomic E-state index is 0.940. The van der Waals surface area contributed by atoms with Crippen LogP contribution in [-0.2, 0) is 0 Å². The lowest BCUT2D eigenvalue weighted by Gasteiger charge is -2.15. The monoisotopic (exact) mass is 573 g/mol. The first-order chi connectivity index (χ1) is 22.3. The molecule has 0 radical (unpaired) electrons. The summed E-state index contributed by atoms with van der Waals surface area (Å²) >= 11 is 0. The minimum atomic E-state index is 0.940. The molecule has 3 nitrogen and oxygen atoms in total. The average molecular weight is 574 g/mol. The smallest absolute Gasteiger partial charge is 0.146 e. The van der Waals surface area contributed by atoms with Gasteiger partial charge in [0, 0.05) is 28.2 Å². The Hall–Kier alpha value is -6.06. The number of rotatable bonds is 4. The van der Waals surface area contributed by atoms with Crippen LogP contribution >= 0.6 is 0 Å².